The summed E-state index contributed by atoms with van der Waals surface area (Å²) in [6.07, 6.45) is 7.43. The summed E-state index contributed by atoms with van der Waals surface area (Å²) >= 11 is 0. The fourth-order valence-electron chi connectivity index (χ4n) is 1.93. The van der Waals surface area contributed by atoms with Crippen molar-refractivity contribution in [3.8, 4) is 0 Å². The topological polar surface area (TPSA) is 58.9 Å². The van der Waals surface area contributed by atoms with Gasteiger partial charge in [-0.3, -0.25) is 0 Å². The average Bonchev–Trinajstić information content (AvgIpc) is 2.25. The van der Waals surface area contributed by atoms with Crippen molar-refractivity contribution in [2.75, 3.05) is 13.1 Å². The quantitative estimate of drug-likeness (QED) is 0.502. The van der Waals surface area contributed by atoms with Gasteiger partial charge in [0, 0.05) is 0 Å². The molecule has 0 aromatic carbocycles. The molecule has 0 amide bonds. The van der Waals surface area contributed by atoms with Crippen LogP contribution in [0.15, 0.2) is 9.98 Å². The maximum Gasteiger partial charge on any atom is 0.234 e. The van der Waals surface area contributed by atoms with Crippen molar-refractivity contribution in [2.45, 2.75) is 25.7 Å². The van der Waals surface area contributed by atoms with Gasteiger partial charge in [0.2, 0.25) is 12.2 Å². The highest BCUT2D eigenvalue weighted by Crippen LogP contribution is 2.28. The molecule has 0 heterocycles. The molecule has 76 valence electrons. The van der Waals surface area contributed by atoms with Crippen LogP contribution in [0.5, 0.6) is 0 Å². The molecule has 1 rings (SSSR count). The van der Waals surface area contributed by atoms with Crippen LogP contribution in [0, 0.1) is 11.8 Å². The minimum atomic E-state index is 0.521. The van der Waals surface area contributed by atoms with Crippen molar-refractivity contribution in [3.05, 3.63) is 0 Å². The van der Waals surface area contributed by atoms with E-state index in [-0.39, 0.29) is 0 Å². The first-order valence-corrected chi connectivity index (χ1v) is 4.94. The fourth-order valence-corrected chi connectivity index (χ4v) is 1.93. The maximum atomic E-state index is 9.90. The Morgan fingerprint density at radius 3 is 1.50 bits per heavy atom. The minimum absolute atomic E-state index is 0.521. The molecule has 0 saturated heterocycles. The van der Waals surface area contributed by atoms with Crippen LogP contribution < -0.4 is 0 Å². The molecule has 4 heteroatoms. The molecule has 0 aliphatic heterocycles. The number of aliphatic imine (C=N–C) groups is 2. The monoisotopic (exact) mass is 194 g/mol. The summed E-state index contributed by atoms with van der Waals surface area (Å²) in [6.45, 7) is 1.21. The third-order valence-electron chi connectivity index (χ3n) is 2.79. The second kappa shape index (κ2) is 6.25. The Morgan fingerprint density at radius 1 is 0.857 bits per heavy atom. The van der Waals surface area contributed by atoms with Crippen LogP contribution >= 0.6 is 0 Å². The third-order valence-corrected chi connectivity index (χ3v) is 2.79. The molecule has 0 atom stereocenters. The summed E-state index contributed by atoms with van der Waals surface area (Å²) in [4.78, 5) is 27.0. The van der Waals surface area contributed by atoms with Gasteiger partial charge in [-0.25, -0.2) is 19.6 Å². The summed E-state index contributed by atoms with van der Waals surface area (Å²) < 4.78 is 0. The van der Waals surface area contributed by atoms with E-state index in [0.717, 1.165) is 25.7 Å². The van der Waals surface area contributed by atoms with Gasteiger partial charge in [-0.05, 0) is 37.5 Å². The Morgan fingerprint density at radius 2 is 1.21 bits per heavy atom. The van der Waals surface area contributed by atoms with Crippen molar-refractivity contribution < 1.29 is 9.59 Å². The van der Waals surface area contributed by atoms with Crippen molar-refractivity contribution in [1.82, 2.24) is 0 Å². The second-order valence-corrected chi connectivity index (χ2v) is 3.75. The van der Waals surface area contributed by atoms with Gasteiger partial charge in [-0.15, -0.1) is 0 Å². The third kappa shape index (κ3) is 3.65. The maximum absolute atomic E-state index is 9.90. The van der Waals surface area contributed by atoms with E-state index in [9.17, 15) is 9.59 Å². The largest absolute Gasteiger partial charge is 0.234 e. The summed E-state index contributed by atoms with van der Waals surface area (Å²) in [6, 6.07) is 0. The Kier molecular flexibility index (Phi) is 4.84. The Labute approximate surface area is 83.1 Å². The van der Waals surface area contributed by atoms with Gasteiger partial charge >= 0.3 is 0 Å². The van der Waals surface area contributed by atoms with Crippen LogP contribution in [-0.2, 0) is 9.59 Å². The summed E-state index contributed by atoms with van der Waals surface area (Å²) in [5.41, 5.74) is 0. The lowest BCUT2D eigenvalue weighted by molar-refractivity contribution is 0.285. The molecule has 1 aliphatic rings. The Bertz CT molecular complexity index is 229. The second-order valence-electron chi connectivity index (χ2n) is 3.75. The SMILES string of the molecule is O=C=NC[C@H]1CC[C@@H](CN=C=O)CC1. The number of nitrogens with zero attached hydrogens (tertiary/aromatic N) is 2. The highest BCUT2D eigenvalue weighted by Gasteiger charge is 2.20. The minimum Gasteiger partial charge on any atom is -0.211 e. The number of hydrogen-bond acceptors (Lipinski definition) is 4. The van der Waals surface area contributed by atoms with Gasteiger partial charge in [-0.2, -0.15) is 0 Å². The van der Waals surface area contributed by atoms with Crippen LogP contribution in [-0.4, -0.2) is 25.2 Å². The molecule has 0 aromatic heterocycles. The molecule has 14 heavy (non-hydrogen) atoms. The number of carbonyl (C=O) groups excluding carboxylic acids is 2. The van der Waals surface area contributed by atoms with E-state index in [1.807, 2.05) is 0 Å². The summed E-state index contributed by atoms with van der Waals surface area (Å²) in [5, 5.41) is 0. The number of rotatable bonds is 4. The van der Waals surface area contributed by atoms with E-state index in [0.29, 0.717) is 24.9 Å². The zero-order chi connectivity index (χ0) is 10.2. The smallest absolute Gasteiger partial charge is 0.211 e. The normalized spacial score (nSPS) is 26.0. The first-order chi connectivity index (χ1) is 6.86. The van der Waals surface area contributed by atoms with Gasteiger partial charge in [0.15, 0.2) is 0 Å². The highest BCUT2D eigenvalue weighted by atomic mass is 16.1. The lowest BCUT2D eigenvalue weighted by atomic mass is 9.82. The zero-order valence-electron chi connectivity index (χ0n) is 8.11. The molecular weight excluding hydrogens is 180 g/mol. The molecule has 4 nitrogen and oxygen atoms in total. The van der Waals surface area contributed by atoms with E-state index in [4.69, 9.17) is 0 Å². The molecule has 0 spiro atoms. The Balaban J connectivity index is 2.23. The van der Waals surface area contributed by atoms with Crippen molar-refractivity contribution in [3.63, 3.8) is 0 Å². The molecule has 0 bridgehead atoms. The van der Waals surface area contributed by atoms with Crippen LogP contribution in [0.4, 0.5) is 0 Å². The van der Waals surface area contributed by atoms with Crippen LogP contribution in [0.25, 0.3) is 0 Å². The van der Waals surface area contributed by atoms with Crippen molar-refractivity contribution in [1.29, 1.82) is 0 Å². The van der Waals surface area contributed by atoms with Gasteiger partial charge < -0.3 is 0 Å². The van der Waals surface area contributed by atoms with Gasteiger partial charge in [0.1, 0.15) is 0 Å². The van der Waals surface area contributed by atoms with Crippen molar-refractivity contribution in [2.24, 2.45) is 21.8 Å². The van der Waals surface area contributed by atoms with E-state index in [2.05, 4.69) is 9.98 Å². The molecule has 0 aromatic rings. The lowest BCUT2D eigenvalue weighted by Crippen LogP contribution is -2.18. The van der Waals surface area contributed by atoms with E-state index >= 15 is 0 Å². The highest BCUT2D eigenvalue weighted by molar-refractivity contribution is 5.33. The predicted molar refractivity (Wildman–Crippen MR) is 51.4 cm³/mol. The predicted octanol–water partition coefficient (Wildman–Crippen LogP) is 1.46. The number of isocyanates is 2. The molecular formula is C10H14N2O2. The molecule has 1 aliphatic carbocycles. The van der Waals surface area contributed by atoms with Gasteiger partial charge in [0.25, 0.3) is 0 Å². The first-order valence-electron chi connectivity index (χ1n) is 4.94. The van der Waals surface area contributed by atoms with Gasteiger partial charge in [-0.1, -0.05) is 0 Å². The Hall–Kier alpha value is -1.24. The molecule has 0 N–H and O–H groups in total. The lowest BCUT2D eigenvalue weighted by Gasteiger charge is -2.25. The van der Waals surface area contributed by atoms with E-state index in [1.165, 1.54) is 0 Å². The first kappa shape index (κ1) is 10.8. The van der Waals surface area contributed by atoms with E-state index < -0.39 is 0 Å². The average molecular weight is 194 g/mol. The number of hydrogen-bond donors (Lipinski definition) is 0. The van der Waals surface area contributed by atoms with Crippen LogP contribution in [0.2, 0.25) is 0 Å². The van der Waals surface area contributed by atoms with Crippen LogP contribution in [0.1, 0.15) is 25.7 Å². The summed E-state index contributed by atoms with van der Waals surface area (Å²) in [7, 11) is 0. The zero-order valence-corrected chi connectivity index (χ0v) is 8.11. The summed E-state index contributed by atoms with van der Waals surface area (Å²) in [5.74, 6) is 1.04. The fraction of sp³-hybridized carbons (Fsp3) is 0.800. The molecule has 0 unspecified atom stereocenters. The van der Waals surface area contributed by atoms with Gasteiger partial charge in [0.05, 0.1) is 13.1 Å². The molecule has 1 fully saturated rings. The molecule has 1 saturated carbocycles. The standard InChI is InChI=1S/C10H14N2O2/c13-7-11-5-9-1-2-10(4-3-9)6-12-8-14/h9-10H,1-6H2/t9-,10+. The van der Waals surface area contributed by atoms with Crippen LogP contribution in [0.3, 0.4) is 0 Å². The van der Waals surface area contributed by atoms with Crippen molar-refractivity contribution >= 4 is 12.2 Å². The van der Waals surface area contributed by atoms with E-state index in [1.54, 1.807) is 12.2 Å². The molecule has 0 radical (unpaired) electrons.